The van der Waals surface area contributed by atoms with E-state index in [1.807, 2.05) is 54.6 Å². The molecule has 14 nitrogen and oxygen atoms in total. The summed E-state index contributed by atoms with van der Waals surface area (Å²) in [5, 5.41) is 21.4. The molecule has 0 spiro atoms. The van der Waals surface area contributed by atoms with Crippen LogP contribution in [0.1, 0.15) is 46.3 Å². The summed E-state index contributed by atoms with van der Waals surface area (Å²) in [5.74, 6) is -7.60. The first-order valence-corrected chi connectivity index (χ1v) is 19.7. The van der Waals surface area contributed by atoms with Gasteiger partial charge in [-0.1, -0.05) is 91.0 Å². The van der Waals surface area contributed by atoms with Gasteiger partial charge in [0.15, 0.2) is 11.5 Å². The van der Waals surface area contributed by atoms with Crippen LogP contribution in [-0.4, -0.2) is 103 Å². The minimum atomic E-state index is -5.08. The number of methoxy groups -OCH3 is 1. The third-order valence-corrected chi connectivity index (χ3v) is 8.42. The lowest BCUT2D eigenvalue weighted by atomic mass is 10.0. The van der Waals surface area contributed by atoms with Crippen molar-refractivity contribution in [3.63, 3.8) is 0 Å². The van der Waals surface area contributed by atoms with E-state index in [4.69, 9.17) is 65.9 Å². The maximum atomic E-state index is 12.6. The number of hydrogen-bond acceptors (Lipinski definition) is 11. The lowest BCUT2D eigenvalue weighted by molar-refractivity contribution is -0.193. The molecule has 0 radical (unpaired) electrons. The molecule has 0 heterocycles. The topological polar surface area (TPSA) is 244 Å². The van der Waals surface area contributed by atoms with E-state index in [1.165, 1.54) is 23.8 Å². The molecule has 0 fully saturated rings. The second-order valence-electron chi connectivity index (χ2n) is 14.0. The Bertz CT molecular complexity index is 1950. The predicted molar refractivity (Wildman–Crippen MR) is 224 cm³/mol. The third kappa shape index (κ3) is 25.6. The van der Waals surface area contributed by atoms with Gasteiger partial charge in [0.1, 0.15) is 0 Å². The second kappa shape index (κ2) is 29.1. The molecule has 67 heavy (non-hydrogen) atoms. The number of carbonyl (C=O) groups excluding carboxylic acids is 1. The molecule has 0 aliphatic heterocycles. The number of carbonyl (C=O) groups is 4. The van der Waals surface area contributed by atoms with Crippen molar-refractivity contribution >= 4 is 23.9 Å². The van der Waals surface area contributed by atoms with Crippen LogP contribution in [0.15, 0.2) is 103 Å². The standard InChI is InChI=1S/C38H47N3O5.3C2HF3O2/c1-43-38(42)31-26-35(44-20-17-32(39)23-28-11-5-2-6-12-28)37(46-22-19-34(41)25-30-15-9-4-10-16-30)36(27-31)45-21-18-33(40)24-29-13-7-3-8-14-29;3*3-2(4,5)1(6)7/h2-16,26-27,32-34H,17-25,39-41H2,1H3;3*(H,6,7)/t32-,33-,34-;;;/m1.../s1. The fourth-order valence-corrected chi connectivity index (χ4v) is 5.18. The zero-order valence-corrected chi connectivity index (χ0v) is 35.7. The first-order valence-electron chi connectivity index (χ1n) is 19.7. The van der Waals surface area contributed by atoms with Crippen molar-refractivity contribution in [3.05, 3.63) is 125 Å². The lowest BCUT2D eigenvalue weighted by Crippen LogP contribution is -2.26. The Morgan fingerprint density at radius 1 is 0.493 bits per heavy atom. The van der Waals surface area contributed by atoms with E-state index in [9.17, 15) is 44.3 Å². The van der Waals surface area contributed by atoms with Crippen molar-refractivity contribution in [2.24, 2.45) is 17.2 Å². The van der Waals surface area contributed by atoms with Crippen LogP contribution in [0, 0.1) is 0 Å². The van der Waals surface area contributed by atoms with E-state index < -0.39 is 42.4 Å². The molecule has 0 aromatic heterocycles. The Morgan fingerprint density at radius 3 is 0.985 bits per heavy atom. The van der Waals surface area contributed by atoms with Crippen molar-refractivity contribution in [1.82, 2.24) is 0 Å². The summed E-state index contributed by atoms with van der Waals surface area (Å²) in [5.41, 5.74) is 23.1. The van der Waals surface area contributed by atoms with Gasteiger partial charge in [0, 0.05) is 18.1 Å². The number of nitrogens with two attached hydrogens (primary N) is 3. The van der Waals surface area contributed by atoms with Crippen molar-refractivity contribution in [2.75, 3.05) is 26.9 Å². The molecule has 0 aliphatic rings. The molecule has 0 saturated heterocycles. The highest BCUT2D eigenvalue weighted by molar-refractivity contribution is 5.91. The van der Waals surface area contributed by atoms with Crippen LogP contribution in [-0.2, 0) is 38.4 Å². The van der Waals surface area contributed by atoms with Crippen LogP contribution in [0.4, 0.5) is 39.5 Å². The Balaban J connectivity index is 0.000000882. The number of halogens is 9. The summed E-state index contributed by atoms with van der Waals surface area (Å²) in [6.45, 7) is 0.979. The molecule has 4 aromatic rings. The molecule has 0 unspecified atom stereocenters. The highest BCUT2D eigenvalue weighted by Gasteiger charge is 2.39. The molecule has 0 saturated carbocycles. The average molecular weight is 968 g/mol. The van der Waals surface area contributed by atoms with Gasteiger partial charge in [-0.15, -0.1) is 0 Å². The van der Waals surface area contributed by atoms with Crippen LogP contribution < -0.4 is 31.4 Å². The number of hydrogen-bond donors (Lipinski definition) is 6. The fraction of sp³-hybridized carbons (Fsp3) is 0.364. The molecule has 0 aliphatic carbocycles. The first-order chi connectivity index (χ1) is 31.2. The third-order valence-electron chi connectivity index (χ3n) is 8.42. The largest absolute Gasteiger partial charge is 0.490 e. The van der Waals surface area contributed by atoms with Crippen LogP contribution in [0.25, 0.3) is 0 Å². The summed E-state index contributed by atoms with van der Waals surface area (Å²) in [6, 6.07) is 33.3. The van der Waals surface area contributed by atoms with E-state index in [1.54, 1.807) is 12.1 Å². The van der Waals surface area contributed by atoms with E-state index in [2.05, 4.69) is 36.4 Å². The maximum absolute atomic E-state index is 12.6. The monoisotopic (exact) mass is 967 g/mol. The highest BCUT2D eigenvalue weighted by atomic mass is 19.4. The number of carboxylic acids is 3. The number of carboxylic acid groups (broad SMARTS) is 3. The van der Waals surface area contributed by atoms with E-state index in [0.29, 0.717) is 61.9 Å². The Kier molecular flexibility index (Phi) is 25.4. The minimum absolute atomic E-state index is 0.0996. The summed E-state index contributed by atoms with van der Waals surface area (Å²) in [4.78, 5) is 39.3. The van der Waals surface area contributed by atoms with Crippen LogP contribution in [0.5, 0.6) is 17.2 Å². The molecule has 370 valence electrons. The highest BCUT2D eigenvalue weighted by Crippen LogP contribution is 2.40. The molecular formula is C44H50F9N3O11. The van der Waals surface area contributed by atoms with Gasteiger partial charge in [-0.05, 0) is 67.3 Å². The van der Waals surface area contributed by atoms with Crippen LogP contribution >= 0.6 is 0 Å². The Labute approximate surface area is 378 Å². The number of esters is 1. The number of aliphatic carboxylic acids is 3. The van der Waals surface area contributed by atoms with Gasteiger partial charge in [0.05, 0.1) is 32.5 Å². The Morgan fingerprint density at radius 2 is 0.746 bits per heavy atom. The smallest absolute Gasteiger partial charge is 0.489 e. The molecule has 4 aromatic carbocycles. The van der Waals surface area contributed by atoms with Gasteiger partial charge in [-0.2, -0.15) is 39.5 Å². The predicted octanol–water partition coefficient (Wildman–Crippen LogP) is 7.39. The van der Waals surface area contributed by atoms with Crippen molar-refractivity contribution in [3.8, 4) is 17.2 Å². The molecule has 4 rings (SSSR count). The van der Waals surface area contributed by atoms with Gasteiger partial charge < -0.3 is 51.5 Å². The zero-order chi connectivity index (χ0) is 50.8. The number of ether oxygens (including phenoxy) is 4. The zero-order valence-electron chi connectivity index (χ0n) is 35.7. The van der Waals surface area contributed by atoms with Crippen LogP contribution in [0.3, 0.4) is 0 Å². The maximum Gasteiger partial charge on any atom is 0.490 e. The molecule has 3 atom stereocenters. The van der Waals surface area contributed by atoms with Crippen molar-refractivity contribution in [1.29, 1.82) is 0 Å². The number of benzene rings is 4. The second-order valence-corrected chi connectivity index (χ2v) is 14.0. The summed E-state index contributed by atoms with van der Waals surface area (Å²) < 4.78 is 119. The normalized spacial score (nSPS) is 12.4. The summed E-state index contributed by atoms with van der Waals surface area (Å²) >= 11 is 0. The quantitative estimate of drug-likeness (QED) is 0.0397. The van der Waals surface area contributed by atoms with Gasteiger partial charge in [0.2, 0.25) is 5.75 Å². The molecule has 0 amide bonds. The average Bonchev–Trinajstić information content (AvgIpc) is 3.24. The van der Waals surface area contributed by atoms with E-state index >= 15 is 0 Å². The Hall–Kier alpha value is -6.59. The van der Waals surface area contributed by atoms with Gasteiger partial charge in [-0.3, -0.25) is 0 Å². The minimum Gasteiger partial charge on any atom is -0.489 e. The number of rotatable bonds is 19. The van der Waals surface area contributed by atoms with Crippen molar-refractivity contribution < 1.29 is 93.0 Å². The molecule has 9 N–H and O–H groups in total. The SMILES string of the molecule is COC(=O)c1cc(OCC[C@@H](N)Cc2ccccc2)c(OCC[C@@H](N)Cc2ccccc2)c(OCC[C@@H](N)Cc2ccccc2)c1.O=C(O)C(F)(F)F.O=C(O)C(F)(F)F.O=C(O)C(F)(F)F. The van der Waals surface area contributed by atoms with Gasteiger partial charge in [0.25, 0.3) is 0 Å². The van der Waals surface area contributed by atoms with Crippen molar-refractivity contribution in [2.45, 2.75) is 75.2 Å². The van der Waals surface area contributed by atoms with E-state index in [-0.39, 0.29) is 18.1 Å². The van der Waals surface area contributed by atoms with Gasteiger partial charge in [-0.25, -0.2) is 19.2 Å². The number of alkyl halides is 9. The summed E-state index contributed by atoms with van der Waals surface area (Å²) in [6.07, 6.45) is -11.3. The van der Waals surface area contributed by atoms with Crippen LogP contribution in [0.2, 0.25) is 0 Å². The summed E-state index contributed by atoms with van der Waals surface area (Å²) in [7, 11) is 1.34. The van der Waals surface area contributed by atoms with Gasteiger partial charge >= 0.3 is 42.4 Å². The molecular weight excluding hydrogens is 917 g/mol. The lowest BCUT2D eigenvalue weighted by Gasteiger charge is -2.20. The molecule has 23 heteroatoms. The first kappa shape index (κ1) is 58.4. The van der Waals surface area contributed by atoms with E-state index in [0.717, 1.165) is 19.3 Å². The fourth-order valence-electron chi connectivity index (χ4n) is 5.18. The molecule has 0 bridgehead atoms.